The van der Waals surface area contributed by atoms with E-state index in [1.807, 2.05) is 54.6 Å². The van der Waals surface area contributed by atoms with E-state index in [4.69, 9.17) is 14.3 Å². The number of amides is 1. The van der Waals surface area contributed by atoms with Gasteiger partial charge in [0.2, 0.25) is 0 Å². The number of para-hydroxylation sites is 1. The summed E-state index contributed by atoms with van der Waals surface area (Å²) in [4.78, 5) is 40.7. The first-order chi connectivity index (χ1) is 20.9. The summed E-state index contributed by atoms with van der Waals surface area (Å²) < 4.78 is 11.7. The van der Waals surface area contributed by atoms with Crippen LogP contribution in [0.25, 0.3) is 0 Å². The molecule has 9 nitrogen and oxygen atoms in total. The highest BCUT2D eigenvalue weighted by Gasteiger charge is 2.17. The van der Waals surface area contributed by atoms with Gasteiger partial charge >= 0.3 is 11.9 Å². The topological polar surface area (TPSA) is 131 Å². The van der Waals surface area contributed by atoms with Gasteiger partial charge in [-0.2, -0.15) is 0 Å². The summed E-state index contributed by atoms with van der Waals surface area (Å²) >= 11 is 0. The van der Waals surface area contributed by atoms with Gasteiger partial charge in [0, 0.05) is 11.5 Å². The zero-order valence-corrected chi connectivity index (χ0v) is 23.5. The van der Waals surface area contributed by atoms with E-state index in [0.717, 1.165) is 29.7 Å². The summed E-state index contributed by atoms with van der Waals surface area (Å²) in [7, 11) is 0. The van der Waals surface area contributed by atoms with Gasteiger partial charge in [-0.15, -0.1) is 0 Å². The molecule has 1 unspecified atom stereocenters. The highest BCUT2D eigenvalue weighted by Crippen LogP contribution is 2.26. The molecule has 3 N–H and O–H groups in total. The molecule has 9 heteroatoms. The minimum absolute atomic E-state index is 0.00382. The van der Waals surface area contributed by atoms with Crippen LogP contribution in [-0.2, 0) is 11.3 Å². The van der Waals surface area contributed by atoms with Crippen molar-refractivity contribution in [2.75, 3.05) is 19.8 Å². The number of carbonyl (C=O) groups excluding carboxylic acids is 1. The number of unbranched alkanes of at least 4 members (excludes halogenated alkanes) is 1. The molecule has 4 rings (SSSR count). The van der Waals surface area contributed by atoms with Gasteiger partial charge in [-0.1, -0.05) is 48.5 Å². The quantitative estimate of drug-likeness (QED) is 0.108. The maximum Gasteiger partial charge on any atom is 0.335 e. The molecule has 0 aliphatic heterocycles. The highest BCUT2D eigenvalue weighted by atomic mass is 16.7. The van der Waals surface area contributed by atoms with Crippen LogP contribution in [0.4, 0.5) is 0 Å². The third-order valence-corrected chi connectivity index (χ3v) is 6.65. The molecule has 0 heterocycles. The number of aromatic carboxylic acids is 2. The molecule has 0 aromatic heterocycles. The Morgan fingerprint density at radius 2 is 1.28 bits per heavy atom. The highest BCUT2D eigenvalue weighted by molar-refractivity contribution is 5.96. The zero-order chi connectivity index (χ0) is 30.4. The van der Waals surface area contributed by atoms with Gasteiger partial charge in [0.1, 0.15) is 11.5 Å². The third-order valence-electron chi connectivity index (χ3n) is 6.65. The smallest absolute Gasteiger partial charge is 0.335 e. The lowest BCUT2D eigenvalue weighted by molar-refractivity contribution is 0.0253. The molecule has 222 valence electrons. The van der Waals surface area contributed by atoms with Gasteiger partial charge < -0.3 is 19.7 Å². The average molecular weight is 584 g/mol. The van der Waals surface area contributed by atoms with Crippen molar-refractivity contribution in [3.05, 3.63) is 131 Å². The summed E-state index contributed by atoms with van der Waals surface area (Å²) in [5, 5.41) is 18.4. The molecule has 0 radical (unpaired) electrons. The van der Waals surface area contributed by atoms with Crippen LogP contribution >= 0.6 is 0 Å². The molecule has 4 aromatic rings. The van der Waals surface area contributed by atoms with Gasteiger partial charge in [-0.25, -0.2) is 15.1 Å². The van der Waals surface area contributed by atoms with Crippen LogP contribution in [-0.4, -0.2) is 47.9 Å². The maximum atomic E-state index is 12.6. The van der Waals surface area contributed by atoms with Gasteiger partial charge in [-0.05, 0) is 85.0 Å². The second-order valence-electron chi connectivity index (χ2n) is 9.82. The third kappa shape index (κ3) is 9.72. The number of nitrogens with one attached hydrogen (secondary N) is 1. The molecule has 43 heavy (non-hydrogen) atoms. The maximum absolute atomic E-state index is 12.6. The van der Waals surface area contributed by atoms with Crippen LogP contribution in [0.5, 0.6) is 11.5 Å². The molecule has 0 spiro atoms. The van der Waals surface area contributed by atoms with E-state index in [0.29, 0.717) is 25.4 Å². The monoisotopic (exact) mass is 583 g/mol. The molecule has 1 atom stereocenters. The van der Waals surface area contributed by atoms with Crippen molar-refractivity contribution in [1.82, 2.24) is 5.48 Å². The number of rotatable bonds is 16. The first-order valence-electron chi connectivity index (χ1n) is 13.9. The molecule has 4 aromatic carbocycles. The van der Waals surface area contributed by atoms with Crippen LogP contribution in [0.3, 0.4) is 0 Å². The van der Waals surface area contributed by atoms with Gasteiger partial charge in [0.25, 0.3) is 5.91 Å². The number of hydrogen-bond donors (Lipinski definition) is 3. The van der Waals surface area contributed by atoms with Crippen molar-refractivity contribution < 1.29 is 38.9 Å². The Morgan fingerprint density at radius 1 is 0.651 bits per heavy atom. The van der Waals surface area contributed by atoms with Crippen LogP contribution in [0.1, 0.15) is 61.0 Å². The average Bonchev–Trinajstić information content (AvgIpc) is 3.03. The summed E-state index contributed by atoms with van der Waals surface area (Å²) in [6, 6.07) is 29.6. The van der Waals surface area contributed by atoms with Gasteiger partial charge in [-0.3, -0.25) is 9.63 Å². The van der Waals surface area contributed by atoms with Crippen molar-refractivity contribution in [1.29, 1.82) is 0 Å². The lowest BCUT2D eigenvalue weighted by atomic mass is 9.92. The Kier molecular flexibility index (Phi) is 11.3. The number of hydroxylamine groups is 1. The summed E-state index contributed by atoms with van der Waals surface area (Å²) in [5.74, 6) is -1.39. The number of carbonyl (C=O) groups is 3. The second kappa shape index (κ2) is 15.7. The van der Waals surface area contributed by atoms with E-state index in [1.54, 1.807) is 24.3 Å². The van der Waals surface area contributed by atoms with Crippen LogP contribution < -0.4 is 15.0 Å². The number of ether oxygens (including phenoxy) is 2. The zero-order valence-electron chi connectivity index (χ0n) is 23.5. The molecule has 0 fully saturated rings. The SMILES string of the molecule is O=C(O)c1ccc(CC(CONC(=O)c2cccc(C(=O)O)c2)c2cccc(OCCCCOc3ccccc3)c2)cc1. The molecule has 0 bridgehead atoms. The van der Waals surface area contributed by atoms with E-state index in [2.05, 4.69) is 5.48 Å². The van der Waals surface area contributed by atoms with Crippen molar-refractivity contribution >= 4 is 17.8 Å². The molecule has 0 aliphatic rings. The molecular formula is C34H33NO8. The van der Waals surface area contributed by atoms with E-state index in [9.17, 15) is 24.6 Å². The summed E-state index contributed by atoms with van der Waals surface area (Å²) in [5.41, 5.74) is 4.55. The van der Waals surface area contributed by atoms with Crippen molar-refractivity contribution in [2.45, 2.75) is 25.2 Å². The van der Waals surface area contributed by atoms with Crippen LogP contribution in [0.15, 0.2) is 103 Å². The molecular weight excluding hydrogens is 550 g/mol. The van der Waals surface area contributed by atoms with Crippen molar-refractivity contribution in [3.63, 3.8) is 0 Å². The predicted molar refractivity (Wildman–Crippen MR) is 160 cm³/mol. The standard InChI is InChI=1S/C34H33NO8/c36-32(27-9-6-10-28(21-27)34(39)40)35-43-23-29(20-24-14-16-25(17-15-24)33(37)38)26-8-7-13-31(22-26)42-19-5-4-18-41-30-11-2-1-3-12-30/h1-3,6-17,21-22,29H,4-5,18-20,23H2,(H,35,36)(H,37,38)(H,39,40). The fourth-order valence-corrected chi connectivity index (χ4v) is 4.36. The molecule has 0 saturated carbocycles. The molecule has 1 amide bonds. The summed E-state index contributed by atoms with van der Waals surface area (Å²) in [6.45, 7) is 1.22. The number of hydrogen-bond acceptors (Lipinski definition) is 6. The van der Waals surface area contributed by atoms with Crippen LogP contribution in [0.2, 0.25) is 0 Å². The van der Waals surface area contributed by atoms with Gasteiger partial charge in [0.05, 0.1) is 30.9 Å². The minimum Gasteiger partial charge on any atom is -0.494 e. The Balaban J connectivity index is 1.37. The van der Waals surface area contributed by atoms with Gasteiger partial charge in [0.15, 0.2) is 0 Å². The Bertz CT molecular complexity index is 1500. The predicted octanol–water partition coefficient (Wildman–Crippen LogP) is 6.01. The lowest BCUT2D eigenvalue weighted by Gasteiger charge is -2.19. The Labute approximate surface area is 249 Å². The molecule has 0 saturated heterocycles. The van der Waals surface area contributed by atoms with Crippen molar-refractivity contribution in [2.24, 2.45) is 0 Å². The summed E-state index contributed by atoms with van der Waals surface area (Å²) in [6.07, 6.45) is 2.16. The first-order valence-corrected chi connectivity index (χ1v) is 13.9. The fourth-order valence-electron chi connectivity index (χ4n) is 4.36. The van der Waals surface area contributed by atoms with E-state index >= 15 is 0 Å². The Morgan fingerprint density at radius 3 is 1.98 bits per heavy atom. The first kappa shape index (κ1) is 30.8. The lowest BCUT2D eigenvalue weighted by Crippen LogP contribution is -2.27. The van der Waals surface area contributed by atoms with E-state index in [1.165, 1.54) is 24.3 Å². The largest absolute Gasteiger partial charge is 0.494 e. The van der Waals surface area contributed by atoms with Crippen LogP contribution in [0, 0.1) is 0 Å². The number of benzene rings is 4. The normalized spacial score (nSPS) is 11.3. The molecule has 0 aliphatic carbocycles. The fraction of sp³-hybridized carbons (Fsp3) is 0.206. The van der Waals surface area contributed by atoms with E-state index in [-0.39, 0.29) is 29.2 Å². The Hall–Kier alpha value is -5.15. The van der Waals surface area contributed by atoms with E-state index < -0.39 is 17.8 Å². The minimum atomic E-state index is -1.13. The van der Waals surface area contributed by atoms with Crippen molar-refractivity contribution in [3.8, 4) is 11.5 Å². The number of carboxylic acid groups (broad SMARTS) is 2. The second-order valence-corrected chi connectivity index (χ2v) is 9.82. The number of carboxylic acids is 2.